The van der Waals surface area contributed by atoms with E-state index in [1.807, 2.05) is 47.1 Å². The van der Waals surface area contributed by atoms with Crippen molar-refractivity contribution in [2.24, 2.45) is 0 Å². The molecule has 34 heavy (non-hydrogen) atoms. The lowest BCUT2D eigenvalue weighted by molar-refractivity contribution is -0.133. The Hall–Kier alpha value is -3.42. The molecule has 0 radical (unpaired) electrons. The summed E-state index contributed by atoms with van der Waals surface area (Å²) >= 11 is 0. The lowest BCUT2D eigenvalue weighted by Crippen LogP contribution is -2.40. The summed E-state index contributed by atoms with van der Waals surface area (Å²) in [6, 6.07) is 11.9. The van der Waals surface area contributed by atoms with Gasteiger partial charge in [-0.05, 0) is 55.5 Å². The van der Waals surface area contributed by atoms with Crippen molar-refractivity contribution in [2.75, 3.05) is 31.5 Å². The Morgan fingerprint density at radius 2 is 2.12 bits per heavy atom. The molecule has 1 atom stereocenters. The number of nitrogens with zero attached hydrogens (tertiary/aromatic N) is 3. The van der Waals surface area contributed by atoms with Crippen molar-refractivity contribution >= 4 is 23.4 Å². The number of carbonyl (C=O) groups excluding carboxylic acids is 3. The summed E-state index contributed by atoms with van der Waals surface area (Å²) in [4.78, 5) is 45.5. The Balaban J connectivity index is 1.29. The Kier molecular flexibility index (Phi) is 7.77. The van der Waals surface area contributed by atoms with E-state index in [9.17, 15) is 14.4 Å². The van der Waals surface area contributed by atoms with Crippen molar-refractivity contribution in [1.82, 2.24) is 20.1 Å². The van der Waals surface area contributed by atoms with Gasteiger partial charge in [0.15, 0.2) is 0 Å². The lowest BCUT2D eigenvalue weighted by Gasteiger charge is -2.26. The van der Waals surface area contributed by atoms with Crippen LogP contribution in [0.15, 0.2) is 42.6 Å². The molecule has 8 nitrogen and oxygen atoms in total. The van der Waals surface area contributed by atoms with Gasteiger partial charge >= 0.3 is 0 Å². The summed E-state index contributed by atoms with van der Waals surface area (Å²) in [5.74, 6) is -0.0615. The summed E-state index contributed by atoms with van der Waals surface area (Å²) in [6.45, 7) is 4.55. The van der Waals surface area contributed by atoms with Gasteiger partial charge in [0.2, 0.25) is 17.7 Å². The van der Waals surface area contributed by atoms with Gasteiger partial charge in [-0.3, -0.25) is 19.4 Å². The predicted molar refractivity (Wildman–Crippen MR) is 130 cm³/mol. The van der Waals surface area contributed by atoms with Crippen LogP contribution in [-0.2, 0) is 27.3 Å². The smallest absolute Gasteiger partial charge is 0.242 e. The van der Waals surface area contributed by atoms with Crippen LogP contribution < -0.4 is 10.6 Å². The average molecular weight is 464 g/mol. The third-order valence-corrected chi connectivity index (χ3v) is 6.60. The molecule has 0 bridgehead atoms. The molecule has 0 aliphatic carbocycles. The molecule has 1 aromatic carbocycles. The molecule has 0 saturated carbocycles. The van der Waals surface area contributed by atoms with Crippen molar-refractivity contribution in [3.8, 4) is 0 Å². The number of rotatable bonds is 7. The maximum Gasteiger partial charge on any atom is 0.242 e. The molecule has 0 spiro atoms. The van der Waals surface area contributed by atoms with Crippen LogP contribution in [-0.4, -0.2) is 58.7 Å². The number of hydrogen-bond acceptors (Lipinski definition) is 5. The summed E-state index contributed by atoms with van der Waals surface area (Å²) in [6.07, 6.45) is 4.96. The molecule has 1 unspecified atom stereocenters. The van der Waals surface area contributed by atoms with Crippen LogP contribution in [0.1, 0.15) is 55.5 Å². The Morgan fingerprint density at radius 3 is 2.91 bits per heavy atom. The standard InChI is InChI=1S/C26H33N5O3/c1-2-30-18-20-16-19(8-10-21(20)28-14-12-25(30)33)9-11-24(32)29-17-26(34)31-15-5-7-23(31)22-6-3-4-13-27-22/h3-4,6,8,10,13,16,23,28H,2,5,7,9,11-12,14-15,17-18H2,1H3,(H,29,32). The number of aryl methyl sites for hydroxylation is 1. The zero-order chi connectivity index (χ0) is 23.9. The van der Waals surface area contributed by atoms with E-state index < -0.39 is 0 Å². The highest BCUT2D eigenvalue weighted by atomic mass is 16.2. The SMILES string of the molecule is CCN1Cc2cc(CCC(=O)NCC(=O)N3CCCC3c3ccccn3)ccc2NCCC1=O. The van der Waals surface area contributed by atoms with Crippen molar-refractivity contribution in [3.63, 3.8) is 0 Å². The fraction of sp³-hybridized carbons (Fsp3) is 0.462. The predicted octanol–water partition coefficient (Wildman–Crippen LogP) is 2.66. The molecule has 8 heteroatoms. The number of hydrogen-bond donors (Lipinski definition) is 2. The number of carbonyl (C=O) groups is 3. The number of nitrogens with one attached hydrogen (secondary N) is 2. The van der Waals surface area contributed by atoms with Gasteiger partial charge < -0.3 is 20.4 Å². The lowest BCUT2D eigenvalue weighted by atomic mass is 10.0. The Bertz CT molecular complexity index is 1030. The highest BCUT2D eigenvalue weighted by Gasteiger charge is 2.30. The Labute approximate surface area is 200 Å². The van der Waals surface area contributed by atoms with Gasteiger partial charge in [0, 0.05) is 50.9 Å². The van der Waals surface area contributed by atoms with Crippen molar-refractivity contribution in [3.05, 3.63) is 59.4 Å². The van der Waals surface area contributed by atoms with Crippen LogP contribution in [0.2, 0.25) is 0 Å². The molecular weight excluding hydrogens is 430 g/mol. The first-order valence-electron chi connectivity index (χ1n) is 12.2. The average Bonchev–Trinajstić information content (AvgIpc) is 3.35. The van der Waals surface area contributed by atoms with Gasteiger partial charge in [0.05, 0.1) is 18.3 Å². The summed E-state index contributed by atoms with van der Waals surface area (Å²) in [7, 11) is 0. The number of fused-ring (bicyclic) bond motifs is 1. The minimum atomic E-state index is -0.142. The fourth-order valence-electron chi connectivity index (χ4n) is 4.72. The second-order valence-electron chi connectivity index (χ2n) is 8.85. The number of anilines is 1. The number of aromatic nitrogens is 1. The van der Waals surface area contributed by atoms with Crippen molar-refractivity contribution in [1.29, 1.82) is 0 Å². The van der Waals surface area contributed by atoms with E-state index in [1.165, 1.54) is 0 Å². The van der Waals surface area contributed by atoms with E-state index in [1.54, 1.807) is 6.20 Å². The molecule has 1 saturated heterocycles. The quantitative estimate of drug-likeness (QED) is 0.658. The highest BCUT2D eigenvalue weighted by molar-refractivity contribution is 5.85. The van der Waals surface area contributed by atoms with Crippen LogP contribution in [0.5, 0.6) is 0 Å². The number of amides is 3. The first-order valence-corrected chi connectivity index (χ1v) is 12.2. The monoisotopic (exact) mass is 463 g/mol. The van der Waals surface area contributed by atoms with Crippen molar-refractivity contribution in [2.45, 2.75) is 51.6 Å². The summed E-state index contributed by atoms with van der Waals surface area (Å²) in [5.41, 5.74) is 4.05. The van der Waals surface area contributed by atoms with E-state index in [0.29, 0.717) is 45.4 Å². The van der Waals surface area contributed by atoms with Gasteiger partial charge in [0.1, 0.15) is 0 Å². The third-order valence-electron chi connectivity index (χ3n) is 6.60. The largest absolute Gasteiger partial charge is 0.384 e. The Morgan fingerprint density at radius 1 is 1.24 bits per heavy atom. The molecule has 2 aliphatic rings. The molecule has 2 aliphatic heterocycles. The summed E-state index contributed by atoms with van der Waals surface area (Å²) in [5, 5.41) is 6.12. The second kappa shape index (κ2) is 11.1. The summed E-state index contributed by atoms with van der Waals surface area (Å²) < 4.78 is 0. The molecule has 1 aromatic heterocycles. The van der Waals surface area contributed by atoms with E-state index >= 15 is 0 Å². The van der Waals surface area contributed by atoms with Gasteiger partial charge in [-0.2, -0.15) is 0 Å². The molecular formula is C26H33N5O3. The van der Waals surface area contributed by atoms with Gasteiger partial charge in [-0.25, -0.2) is 0 Å². The zero-order valence-electron chi connectivity index (χ0n) is 19.8. The van der Waals surface area contributed by atoms with Gasteiger partial charge in [-0.15, -0.1) is 0 Å². The number of pyridine rings is 1. The van der Waals surface area contributed by atoms with Crippen LogP contribution in [0, 0.1) is 0 Å². The van der Waals surface area contributed by atoms with Crippen LogP contribution >= 0.6 is 0 Å². The maximum atomic E-state index is 12.8. The number of likely N-dealkylation sites (tertiary alicyclic amines) is 1. The topological polar surface area (TPSA) is 94.6 Å². The van der Waals surface area contributed by atoms with E-state index in [-0.39, 0.29) is 30.3 Å². The van der Waals surface area contributed by atoms with Crippen LogP contribution in [0.4, 0.5) is 5.69 Å². The van der Waals surface area contributed by atoms with E-state index in [2.05, 4.69) is 21.7 Å². The van der Waals surface area contributed by atoms with Crippen molar-refractivity contribution < 1.29 is 14.4 Å². The molecule has 3 heterocycles. The highest BCUT2D eigenvalue weighted by Crippen LogP contribution is 2.30. The maximum absolute atomic E-state index is 12.8. The first kappa shape index (κ1) is 23.7. The molecule has 1 fully saturated rings. The minimum absolute atomic E-state index is 0.00382. The number of benzene rings is 1. The first-order chi connectivity index (χ1) is 16.5. The fourth-order valence-corrected chi connectivity index (χ4v) is 4.72. The second-order valence-corrected chi connectivity index (χ2v) is 8.85. The van der Waals surface area contributed by atoms with Crippen LogP contribution in [0.3, 0.4) is 0 Å². The molecule has 3 amide bonds. The van der Waals surface area contributed by atoms with Gasteiger partial charge in [-0.1, -0.05) is 18.2 Å². The minimum Gasteiger partial charge on any atom is -0.384 e. The third kappa shape index (κ3) is 5.73. The van der Waals surface area contributed by atoms with Crippen LogP contribution in [0.25, 0.3) is 0 Å². The molecule has 2 N–H and O–H groups in total. The van der Waals surface area contributed by atoms with E-state index in [0.717, 1.165) is 35.3 Å². The van der Waals surface area contributed by atoms with Gasteiger partial charge in [0.25, 0.3) is 0 Å². The van der Waals surface area contributed by atoms with E-state index in [4.69, 9.17) is 0 Å². The molecule has 180 valence electrons. The molecule has 4 rings (SSSR count). The zero-order valence-corrected chi connectivity index (χ0v) is 19.8. The molecule has 2 aromatic rings. The normalized spacial score (nSPS) is 18.0.